The summed E-state index contributed by atoms with van der Waals surface area (Å²) in [4.78, 5) is 30.4. The Hall–Kier alpha value is -4.34. The minimum Gasteiger partial charge on any atom is -0.497 e. The van der Waals surface area contributed by atoms with Crippen LogP contribution in [-0.2, 0) is 32.6 Å². The molecule has 0 bridgehead atoms. The topological polar surface area (TPSA) is 96.0 Å². The molecule has 0 spiro atoms. The standard InChI is InChI=1S/C37H40ClN3O5S/c1-46-32-23-21-31(22-24-32)41(47(44,45)33-18-9-4-10-19-33)27-36(42)40(26-29-15-11-12-20-34(29)38)35(25-28-13-5-2-6-14-28)37(43)39-30-16-7-3-8-17-30/h2,4-6,9-15,18-24,30,35H,3,7-8,16-17,25-27H2,1H3,(H,39,43)/t35-/m1/s1. The van der Waals surface area contributed by atoms with E-state index in [9.17, 15) is 18.0 Å². The van der Waals surface area contributed by atoms with Crippen LogP contribution in [-0.4, -0.2) is 50.9 Å². The van der Waals surface area contributed by atoms with Gasteiger partial charge in [-0.15, -0.1) is 0 Å². The molecular formula is C37H40ClN3O5S. The number of carbonyl (C=O) groups is 2. The van der Waals surface area contributed by atoms with Gasteiger partial charge in [-0.2, -0.15) is 0 Å². The molecular weight excluding hydrogens is 634 g/mol. The fourth-order valence-electron chi connectivity index (χ4n) is 5.91. The number of anilines is 1. The first-order valence-electron chi connectivity index (χ1n) is 15.9. The van der Waals surface area contributed by atoms with Crippen molar-refractivity contribution in [3.8, 4) is 5.75 Å². The minimum absolute atomic E-state index is 0.00985. The maximum atomic E-state index is 14.6. The number of benzene rings is 4. The molecule has 4 aromatic carbocycles. The first kappa shape index (κ1) is 34.0. The van der Waals surface area contributed by atoms with E-state index in [1.54, 1.807) is 54.6 Å². The predicted molar refractivity (Wildman–Crippen MR) is 185 cm³/mol. The third kappa shape index (κ3) is 8.73. The lowest BCUT2D eigenvalue weighted by Crippen LogP contribution is -2.55. The maximum absolute atomic E-state index is 14.6. The molecule has 1 fully saturated rings. The number of ether oxygens (including phenoxy) is 1. The average Bonchev–Trinajstić information content (AvgIpc) is 3.10. The summed E-state index contributed by atoms with van der Waals surface area (Å²) in [5.74, 6) is -0.275. The minimum atomic E-state index is -4.19. The Morgan fingerprint density at radius 3 is 2.11 bits per heavy atom. The van der Waals surface area contributed by atoms with E-state index in [2.05, 4.69) is 5.32 Å². The van der Waals surface area contributed by atoms with Crippen molar-refractivity contribution in [3.05, 3.63) is 125 Å². The molecule has 0 saturated heterocycles. The summed E-state index contributed by atoms with van der Waals surface area (Å²) in [6.07, 6.45) is 5.19. The third-order valence-corrected chi connectivity index (χ3v) is 10.6. The lowest BCUT2D eigenvalue weighted by Gasteiger charge is -2.35. The largest absolute Gasteiger partial charge is 0.497 e. The van der Waals surface area contributed by atoms with Crippen LogP contribution >= 0.6 is 11.6 Å². The molecule has 8 nitrogen and oxygen atoms in total. The van der Waals surface area contributed by atoms with Crippen LogP contribution in [0.1, 0.15) is 43.2 Å². The van der Waals surface area contributed by atoms with E-state index < -0.39 is 28.5 Å². The lowest BCUT2D eigenvalue weighted by atomic mass is 9.94. The third-order valence-electron chi connectivity index (χ3n) is 8.49. The van der Waals surface area contributed by atoms with Gasteiger partial charge in [-0.1, -0.05) is 97.6 Å². The normalized spacial score (nSPS) is 14.2. The van der Waals surface area contributed by atoms with Crippen LogP contribution in [0.2, 0.25) is 5.02 Å². The number of methoxy groups -OCH3 is 1. The van der Waals surface area contributed by atoms with E-state index in [0.29, 0.717) is 16.3 Å². The molecule has 0 aromatic heterocycles. The van der Waals surface area contributed by atoms with Crippen molar-refractivity contribution in [2.75, 3.05) is 18.0 Å². The molecule has 0 heterocycles. The number of sulfonamides is 1. The fraction of sp³-hybridized carbons (Fsp3) is 0.297. The van der Waals surface area contributed by atoms with Gasteiger partial charge in [0.15, 0.2) is 0 Å². The lowest BCUT2D eigenvalue weighted by molar-refractivity contribution is -0.140. The van der Waals surface area contributed by atoms with E-state index >= 15 is 0 Å². The maximum Gasteiger partial charge on any atom is 0.264 e. The van der Waals surface area contributed by atoms with Crippen molar-refractivity contribution in [2.24, 2.45) is 0 Å². The van der Waals surface area contributed by atoms with E-state index in [4.69, 9.17) is 16.3 Å². The number of halogens is 1. The quantitative estimate of drug-likeness (QED) is 0.172. The van der Waals surface area contributed by atoms with Gasteiger partial charge in [-0.25, -0.2) is 8.42 Å². The number of hydrogen-bond acceptors (Lipinski definition) is 5. The van der Waals surface area contributed by atoms with Gasteiger partial charge >= 0.3 is 0 Å². The van der Waals surface area contributed by atoms with Crippen LogP contribution in [0.15, 0.2) is 114 Å². The monoisotopic (exact) mass is 673 g/mol. The van der Waals surface area contributed by atoms with Gasteiger partial charge in [0.25, 0.3) is 10.0 Å². The Morgan fingerprint density at radius 1 is 0.851 bits per heavy atom. The second-order valence-corrected chi connectivity index (χ2v) is 14.0. The molecule has 1 N–H and O–H groups in total. The molecule has 1 aliphatic rings. The Balaban J connectivity index is 1.56. The van der Waals surface area contributed by atoms with Crippen LogP contribution in [0.25, 0.3) is 0 Å². The van der Waals surface area contributed by atoms with Crippen molar-refractivity contribution >= 4 is 39.1 Å². The molecule has 0 aliphatic heterocycles. The number of rotatable bonds is 13. The second-order valence-electron chi connectivity index (χ2n) is 11.7. The van der Waals surface area contributed by atoms with Gasteiger partial charge in [0, 0.05) is 24.0 Å². The molecule has 1 atom stereocenters. The first-order valence-corrected chi connectivity index (χ1v) is 17.7. The summed E-state index contributed by atoms with van der Waals surface area (Å²) in [6, 6.07) is 30.2. The highest BCUT2D eigenvalue weighted by atomic mass is 35.5. The van der Waals surface area contributed by atoms with E-state index in [1.165, 1.54) is 24.1 Å². The van der Waals surface area contributed by atoms with Crippen molar-refractivity contribution in [1.82, 2.24) is 10.2 Å². The van der Waals surface area contributed by atoms with Gasteiger partial charge in [0.1, 0.15) is 18.3 Å². The first-order chi connectivity index (χ1) is 22.8. The summed E-state index contributed by atoms with van der Waals surface area (Å²) in [5, 5.41) is 3.66. The van der Waals surface area contributed by atoms with Gasteiger partial charge in [0.05, 0.1) is 17.7 Å². The highest BCUT2D eigenvalue weighted by molar-refractivity contribution is 7.92. The van der Waals surface area contributed by atoms with Gasteiger partial charge in [-0.3, -0.25) is 13.9 Å². The summed E-state index contributed by atoms with van der Waals surface area (Å²) in [6.45, 7) is -0.536. The molecule has 1 saturated carbocycles. The SMILES string of the molecule is COc1ccc(N(CC(=O)N(Cc2ccccc2Cl)[C@H](Cc2ccccc2)C(=O)NC2CCCCC2)S(=O)(=O)c2ccccc2)cc1. The zero-order valence-electron chi connectivity index (χ0n) is 26.4. The number of hydrogen-bond donors (Lipinski definition) is 1. The molecule has 47 heavy (non-hydrogen) atoms. The van der Waals surface area contributed by atoms with Crippen molar-refractivity contribution in [1.29, 1.82) is 0 Å². The summed E-state index contributed by atoms with van der Waals surface area (Å²) >= 11 is 6.60. The van der Waals surface area contributed by atoms with Crippen molar-refractivity contribution in [3.63, 3.8) is 0 Å². The number of nitrogens with one attached hydrogen (secondary N) is 1. The molecule has 2 amide bonds. The van der Waals surface area contributed by atoms with Crippen LogP contribution in [0.3, 0.4) is 0 Å². The molecule has 0 unspecified atom stereocenters. The van der Waals surface area contributed by atoms with Gasteiger partial charge in [0.2, 0.25) is 11.8 Å². The zero-order chi connectivity index (χ0) is 33.2. The van der Waals surface area contributed by atoms with Crippen LogP contribution in [0, 0.1) is 0 Å². The van der Waals surface area contributed by atoms with Crippen LogP contribution < -0.4 is 14.4 Å². The molecule has 1 aliphatic carbocycles. The number of amides is 2. The number of carbonyl (C=O) groups excluding carboxylic acids is 2. The van der Waals surface area contributed by atoms with Crippen molar-refractivity contribution in [2.45, 2.75) is 62.0 Å². The smallest absolute Gasteiger partial charge is 0.264 e. The average molecular weight is 674 g/mol. The summed E-state index contributed by atoms with van der Waals surface area (Å²) in [5.41, 5.74) is 1.80. The van der Waals surface area contributed by atoms with E-state index in [-0.39, 0.29) is 35.5 Å². The predicted octanol–water partition coefficient (Wildman–Crippen LogP) is 6.63. The molecule has 0 radical (unpaired) electrons. The Kier molecular flexibility index (Phi) is 11.6. The Bertz CT molecular complexity index is 1730. The summed E-state index contributed by atoms with van der Waals surface area (Å²) in [7, 11) is -2.67. The second kappa shape index (κ2) is 16.0. The van der Waals surface area contributed by atoms with E-state index in [1.807, 2.05) is 42.5 Å². The molecule has 5 rings (SSSR count). The molecule has 246 valence electrons. The van der Waals surface area contributed by atoms with Gasteiger partial charge < -0.3 is 15.0 Å². The molecule has 10 heteroatoms. The highest BCUT2D eigenvalue weighted by Crippen LogP contribution is 2.28. The van der Waals surface area contributed by atoms with E-state index in [0.717, 1.165) is 42.0 Å². The van der Waals surface area contributed by atoms with Crippen LogP contribution in [0.4, 0.5) is 5.69 Å². The Labute approximate surface area is 282 Å². The highest BCUT2D eigenvalue weighted by Gasteiger charge is 2.35. The van der Waals surface area contributed by atoms with Crippen LogP contribution in [0.5, 0.6) is 5.75 Å². The fourth-order valence-corrected chi connectivity index (χ4v) is 7.54. The van der Waals surface area contributed by atoms with Gasteiger partial charge in [-0.05, 0) is 66.4 Å². The summed E-state index contributed by atoms with van der Waals surface area (Å²) < 4.78 is 34.7. The number of nitrogens with zero attached hydrogens (tertiary/aromatic N) is 2. The zero-order valence-corrected chi connectivity index (χ0v) is 28.0. The van der Waals surface area contributed by atoms with Crippen molar-refractivity contribution < 1.29 is 22.7 Å². The molecule has 4 aromatic rings. The Morgan fingerprint density at radius 2 is 1.47 bits per heavy atom.